The SMILES string of the molecule is COc1ccc(CN(C)C(=O)CSc2nnnn2-c2cccc(Cl)c2)cc1. The fourth-order valence-electron chi connectivity index (χ4n) is 2.37. The van der Waals surface area contributed by atoms with Gasteiger partial charge in [-0.15, -0.1) is 5.10 Å². The van der Waals surface area contributed by atoms with Crippen LogP contribution in [-0.2, 0) is 11.3 Å². The number of hydrogen-bond donors (Lipinski definition) is 0. The molecule has 0 aliphatic carbocycles. The van der Waals surface area contributed by atoms with Crippen molar-refractivity contribution in [1.82, 2.24) is 25.1 Å². The summed E-state index contributed by atoms with van der Waals surface area (Å²) in [5, 5.41) is 12.8. The predicted molar refractivity (Wildman–Crippen MR) is 104 cm³/mol. The largest absolute Gasteiger partial charge is 0.497 e. The molecule has 3 aromatic rings. The van der Waals surface area contributed by atoms with Crippen molar-refractivity contribution in [2.75, 3.05) is 19.9 Å². The highest BCUT2D eigenvalue weighted by molar-refractivity contribution is 7.99. The molecule has 0 aliphatic rings. The molecule has 1 amide bonds. The van der Waals surface area contributed by atoms with E-state index in [0.717, 1.165) is 17.0 Å². The van der Waals surface area contributed by atoms with E-state index in [-0.39, 0.29) is 11.7 Å². The second kappa shape index (κ2) is 8.88. The molecule has 0 saturated heterocycles. The molecule has 3 rings (SSSR count). The van der Waals surface area contributed by atoms with Crippen LogP contribution in [0.1, 0.15) is 5.56 Å². The first-order valence-electron chi connectivity index (χ1n) is 8.11. The van der Waals surface area contributed by atoms with E-state index >= 15 is 0 Å². The van der Waals surface area contributed by atoms with Gasteiger partial charge in [0.2, 0.25) is 11.1 Å². The van der Waals surface area contributed by atoms with Gasteiger partial charge in [0.15, 0.2) is 0 Å². The molecule has 27 heavy (non-hydrogen) atoms. The first-order chi connectivity index (χ1) is 13.1. The quantitative estimate of drug-likeness (QED) is 0.564. The minimum Gasteiger partial charge on any atom is -0.497 e. The van der Waals surface area contributed by atoms with Crippen molar-refractivity contribution < 1.29 is 9.53 Å². The highest BCUT2D eigenvalue weighted by Crippen LogP contribution is 2.21. The van der Waals surface area contributed by atoms with Gasteiger partial charge in [0.1, 0.15) is 5.75 Å². The Balaban J connectivity index is 1.60. The Bertz CT molecular complexity index is 916. The van der Waals surface area contributed by atoms with E-state index in [2.05, 4.69) is 15.5 Å². The molecule has 0 bridgehead atoms. The second-order valence-electron chi connectivity index (χ2n) is 5.74. The number of carbonyl (C=O) groups is 1. The van der Waals surface area contributed by atoms with Gasteiger partial charge >= 0.3 is 0 Å². The van der Waals surface area contributed by atoms with Gasteiger partial charge in [0, 0.05) is 18.6 Å². The van der Waals surface area contributed by atoms with Crippen molar-refractivity contribution in [1.29, 1.82) is 0 Å². The maximum Gasteiger partial charge on any atom is 0.233 e. The van der Waals surface area contributed by atoms with Crippen LogP contribution in [0.4, 0.5) is 0 Å². The molecule has 0 aliphatic heterocycles. The Morgan fingerprint density at radius 2 is 2.04 bits per heavy atom. The normalized spacial score (nSPS) is 10.6. The summed E-state index contributed by atoms with van der Waals surface area (Å²) in [5.74, 6) is 1.00. The monoisotopic (exact) mass is 403 g/mol. The number of nitrogens with zero attached hydrogens (tertiary/aromatic N) is 5. The zero-order chi connectivity index (χ0) is 19.2. The van der Waals surface area contributed by atoms with Gasteiger partial charge in [-0.3, -0.25) is 4.79 Å². The average Bonchev–Trinajstić information content (AvgIpc) is 3.15. The maximum absolute atomic E-state index is 12.4. The Morgan fingerprint density at radius 1 is 1.26 bits per heavy atom. The fourth-order valence-corrected chi connectivity index (χ4v) is 3.38. The van der Waals surface area contributed by atoms with E-state index in [1.165, 1.54) is 11.8 Å². The van der Waals surface area contributed by atoms with Crippen LogP contribution in [0.5, 0.6) is 5.75 Å². The van der Waals surface area contributed by atoms with Crippen LogP contribution >= 0.6 is 23.4 Å². The van der Waals surface area contributed by atoms with E-state index in [1.807, 2.05) is 36.4 Å². The number of halogens is 1. The third-order valence-electron chi connectivity index (χ3n) is 3.82. The van der Waals surface area contributed by atoms with E-state index in [4.69, 9.17) is 16.3 Å². The van der Waals surface area contributed by atoms with Crippen molar-refractivity contribution >= 4 is 29.3 Å². The lowest BCUT2D eigenvalue weighted by atomic mass is 10.2. The standard InChI is InChI=1S/C18H18ClN5O2S/c1-23(11-13-6-8-16(26-2)9-7-13)17(25)12-27-18-20-21-22-24(18)15-5-3-4-14(19)10-15/h3-10H,11-12H2,1-2H3. The van der Waals surface area contributed by atoms with Gasteiger partial charge in [-0.05, 0) is 46.3 Å². The number of benzene rings is 2. The number of methoxy groups -OCH3 is 1. The number of tetrazole rings is 1. The predicted octanol–water partition coefficient (Wildman–Crippen LogP) is 3.08. The van der Waals surface area contributed by atoms with Crippen molar-refractivity contribution in [3.63, 3.8) is 0 Å². The van der Waals surface area contributed by atoms with Crippen molar-refractivity contribution in [3.8, 4) is 11.4 Å². The van der Waals surface area contributed by atoms with Crippen LogP contribution in [0, 0.1) is 0 Å². The van der Waals surface area contributed by atoms with Crippen LogP contribution in [0.15, 0.2) is 53.7 Å². The molecular formula is C18H18ClN5O2S. The summed E-state index contributed by atoms with van der Waals surface area (Å²) >= 11 is 7.30. The summed E-state index contributed by atoms with van der Waals surface area (Å²) < 4.78 is 6.71. The summed E-state index contributed by atoms with van der Waals surface area (Å²) in [5.41, 5.74) is 1.77. The highest BCUT2D eigenvalue weighted by atomic mass is 35.5. The number of amides is 1. The lowest BCUT2D eigenvalue weighted by molar-refractivity contribution is -0.127. The summed E-state index contributed by atoms with van der Waals surface area (Å²) in [6.45, 7) is 0.516. The summed E-state index contributed by atoms with van der Waals surface area (Å²) in [6.07, 6.45) is 0. The minimum absolute atomic E-state index is 0.0172. The number of thioether (sulfide) groups is 1. The zero-order valence-corrected chi connectivity index (χ0v) is 16.4. The number of carbonyl (C=O) groups excluding carboxylic acids is 1. The Labute approximate surface area is 166 Å². The summed E-state index contributed by atoms with van der Waals surface area (Å²) in [7, 11) is 3.39. The van der Waals surface area contributed by atoms with Gasteiger partial charge in [-0.25, -0.2) is 0 Å². The summed E-state index contributed by atoms with van der Waals surface area (Å²) in [4.78, 5) is 14.1. The van der Waals surface area contributed by atoms with E-state index in [1.54, 1.807) is 35.9 Å². The molecule has 0 spiro atoms. The van der Waals surface area contributed by atoms with Crippen LogP contribution < -0.4 is 4.74 Å². The number of aromatic nitrogens is 4. The summed E-state index contributed by atoms with van der Waals surface area (Å²) in [6, 6.07) is 14.8. The maximum atomic E-state index is 12.4. The minimum atomic E-state index is -0.0172. The van der Waals surface area contributed by atoms with Gasteiger partial charge in [0.25, 0.3) is 0 Å². The molecule has 0 atom stereocenters. The number of rotatable bonds is 7. The number of hydrogen-bond acceptors (Lipinski definition) is 6. The van der Waals surface area contributed by atoms with Crippen molar-refractivity contribution in [2.45, 2.75) is 11.7 Å². The lowest BCUT2D eigenvalue weighted by Gasteiger charge is -2.17. The van der Waals surface area contributed by atoms with Gasteiger partial charge in [0.05, 0.1) is 18.6 Å². The molecule has 9 heteroatoms. The molecule has 0 saturated carbocycles. The zero-order valence-electron chi connectivity index (χ0n) is 14.9. The topological polar surface area (TPSA) is 73.1 Å². The van der Waals surface area contributed by atoms with E-state index in [9.17, 15) is 4.79 Å². The van der Waals surface area contributed by atoms with Gasteiger partial charge < -0.3 is 9.64 Å². The van der Waals surface area contributed by atoms with Crippen LogP contribution in [0.2, 0.25) is 5.02 Å². The Morgan fingerprint density at radius 3 is 2.74 bits per heavy atom. The molecule has 7 nitrogen and oxygen atoms in total. The molecule has 0 fully saturated rings. The molecule has 0 radical (unpaired) electrons. The first kappa shape index (κ1) is 19.2. The average molecular weight is 404 g/mol. The molecule has 2 aromatic carbocycles. The number of ether oxygens (including phenoxy) is 1. The Kier molecular flexibility index (Phi) is 6.31. The third kappa shape index (κ3) is 4.99. The van der Waals surface area contributed by atoms with E-state index < -0.39 is 0 Å². The molecule has 1 heterocycles. The molecular weight excluding hydrogens is 386 g/mol. The smallest absolute Gasteiger partial charge is 0.233 e. The van der Waals surface area contributed by atoms with Crippen LogP contribution in [-0.4, -0.2) is 50.9 Å². The molecule has 1 aromatic heterocycles. The Hall–Kier alpha value is -2.58. The van der Waals surface area contributed by atoms with Crippen LogP contribution in [0.3, 0.4) is 0 Å². The molecule has 0 unspecified atom stereocenters. The van der Waals surface area contributed by atoms with Crippen molar-refractivity contribution in [2.24, 2.45) is 0 Å². The van der Waals surface area contributed by atoms with Crippen LogP contribution in [0.25, 0.3) is 5.69 Å². The van der Waals surface area contributed by atoms with Crippen molar-refractivity contribution in [3.05, 3.63) is 59.1 Å². The fraction of sp³-hybridized carbons (Fsp3) is 0.222. The lowest BCUT2D eigenvalue weighted by Crippen LogP contribution is -2.27. The molecule has 0 N–H and O–H groups in total. The third-order valence-corrected chi connectivity index (χ3v) is 4.96. The van der Waals surface area contributed by atoms with E-state index in [0.29, 0.717) is 16.7 Å². The van der Waals surface area contributed by atoms with Gasteiger partial charge in [-0.2, -0.15) is 4.68 Å². The first-order valence-corrected chi connectivity index (χ1v) is 9.47. The second-order valence-corrected chi connectivity index (χ2v) is 7.12. The highest BCUT2D eigenvalue weighted by Gasteiger charge is 2.14. The van der Waals surface area contributed by atoms with Gasteiger partial charge in [-0.1, -0.05) is 41.6 Å². The molecule has 140 valence electrons.